The van der Waals surface area contributed by atoms with E-state index in [4.69, 9.17) is 9.26 Å². The molecule has 0 saturated carbocycles. The highest BCUT2D eigenvalue weighted by Gasteiger charge is 2.13. The second-order valence-corrected chi connectivity index (χ2v) is 6.29. The quantitative estimate of drug-likeness (QED) is 0.399. The zero-order valence-electron chi connectivity index (χ0n) is 14.0. The first-order chi connectivity index (χ1) is 11.6. The Morgan fingerprint density at radius 2 is 1.79 bits per heavy atom. The molecule has 3 nitrogen and oxygen atoms in total. The van der Waals surface area contributed by atoms with Gasteiger partial charge >= 0.3 is 5.97 Å². The van der Waals surface area contributed by atoms with Gasteiger partial charge in [-0.2, -0.15) is 0 Å². The summed E-state index contributed by atoms with van der Waals surface area (Å²) in [5, 5.41) is 0. The van der Waals surface area contributed by atoms with Gasteiger partial charge in [-0.3, -0.25) is 0 Å². The molecule has 24 heavy (non-hydrogen) atoms. The first kappa shape index (κ1) is 18.6. The number of ether oxygens (including phenoxy) is 1. The first-order valence-corrected chi connectivity index (χ1v) is 9.04. The summed E-state index contributed by atoms with van der Waals surface area (Å²) in [6.45, 7) is 2.66. The molecule has 1 atom stereocenters. The predicted octanol–water partition coefficient (Wildman–Crippen LogP) is 4.53. The van der Waals surface area contributed by atoms with Crippen molar-refractivity contribution >= 4 is 14.8 Å². The third kappa shape index (κ3) is 5.40. The highest BCUT2D eigenvalue weighted by atomic mass is 31.1. The lowest BCUT2D eigenvalue weighted by atomic mass is 9.98. The number of halogens is 1. The van der Waals surface area contributed by atoms with E-state index in [1.807, 2.05) is 25.1 Å². The summed E-state index contributed by atoms with van der Waals surface area (Å²) in [6, 6.07) is 12.3. The van der Waals surface area contributed by atoms with Crippen LogP contribution in [0.5, 0.6) is 0 Å². The number of methoxy groups -OCH3 is 1. The van der Waals surface area contributed by atoms with Crippen molar-refractivity contribution in [1.29, 1.82) is 0 Å². The Balaban J connectivity index is 2.12. The van der Waals surface area contributed by atoms with E-state index >= 15 is 0 Å². The molecule has 0 heterocycles. The minimum atomic E-state index is -0.328. The van der Waals surface area contributed by atoms with Crippen LogP contribution in [0.3, 0.4) is 0 Å². The van der Waals surface area contributed by atoms with Crippen LogP contribution in [0.4, 0.5) is 4.39 Å². The van der Waals surface area contributed by atoms with E-state index in [9.17, 15) is 9.18 Å². The lowest BCUT2D eigenvalue weighted by Gasteiger charge is -2.11. The van der Waals surface area contributed by atoms with Crippen molar-refractivity contribution in [1.82, 2.24) is 0 Å². The minimum Gasteiger partial charge on any atom is -0.465 e. The van der Waals surface area contributed by atoms with Crippen molar-refractivity contribution < 1.29 is 18.4 Å². The van der Waals surface area contributed by atoms with E-state index in [1.165, 1.54) is 19.2 Å². The van der Waals surface area contributed by atoms with Gasteiger partial charge in [-0.25, -0.2) is 9.18 Å². The van der Waals surface area contributed by atoms with Gasteiger partial charge in [0.05, 0.1) is 12.7 Å². The van der Waals surface area contributed by atoms with E-state index in [2.05, 4.69) is 0 Å². The van der Waals surface area contributed by atoms with Gasteiger partial charge in [-0.05, 0) is 54.7 Å². The smallest absolute Gasteiger partial charge is 0.338 e. The van der Waals surface area contributed by atoms with Gasteiger partial charge in [0, 0.05) is 21.6 Å². The molecule has 0 radical (unpaired) electrons. The summed E-state index contributed by atoms with van der Waals surface area (Å²) in [4.78, 5) is 12.1. The van der Waals surface area contributed by atoms with E-state index in [1.54, 1.807) is 12.1 Å². The Hall–Kier alpha value is -1.77. The number of esters is 1. The molecule has 0 saturated heterocycles. The Morgan fingerprint density at radius 3 is 2.46 bits per heavy atom. The molecular weight excluding hydrogens is 326 g/mol. The molecule has 5 heteroatoms. The lowest BCUT2D eigenvalue weighted by molar-refractivity contribution is 0.0599. The van der Waals surface area contributed by atoms with E-state index < -0.39 is 0 Å². The summed E-state index contributed by atoms with van der Waals surface area (Å²) in [5.74, 6) is -0.570. The van der Waals surface area contributed by atoms with E-state index in [-0.39, 0.29) is 11.8 Å². The summed E-state index contributed by atoms with van der Waals surface area (Å²) in [6.07, 6.45) is 2.23. The fourth-order valence-corrected chi connectivity index (χ4v) is 3.11. The van der Waals surface area contributed by atoms with Crippen LogP contribution in [-0.4, -0.2) is 19.7 Å². The molecule has 0 aliphatic rings. The van der Waals surface area contributed by atoms with Gasteiger partial charge in [-0.15, -0.1) is 0 Å². The summed E-state index contributed by atoms with van der Waals surface area (Å²) < 4.78 is 23.3. The molecule has 0 N–H and O–H groups in total. The molecule has 0 amide bonds. The number of carbonyl (C=O) groups excluding carboxylic acids is 1. The van der Waals surface area contributed by atoms with Crippen LogP contribution in [0, 0.1) is 5.82 Å². The highest BCUT2D eigenvalue weighted by molar-refractivity contribution is 7.31. The topological polar surface area (TPSA) is 35.5 Å². The Morgan fingerprint density at radius 1 is 1.08 bits per heavy atom. The molecule has 1 unspecified atom stereocenters. The predicted molar refractivity (Wildman–Crippen MR) is 95.2 cm³/mol. The SMILES string of the molecule is CCOPCc1ccc(CCc2ccc(F)cc2)c(C(=O)OC)c1. The number of benzene rings is 2. The second kappa shape index (κ2) is 9.51. The van der Waals surface area contributed by atoms with Crippen LogP contribution >= 0.6 is 8.81 Å². The van der Waals surface area contributed by atoms with Crippen LogP contribution in [0.25, 0.3) is 0 Å². The van der Waals surface area contributed by atoms with Gasteiger partial charge in [0.1, 0.15) is 5.82 Å². The average Bonchev–Trinajstić information content (AvgIpc) is 2.61. The van der Waals surface area contributed by atoms with Gasteiger partial charge in [0.2, 0.25) is 0 Å². The van der Waals surface area contributed by atoms with Crippen molar-refractivity contribution in [3.05, 3.63) is 70.5 Å². The van der Waals surface area contributed by atoms with Crippen molar-refractivity contribution in [3.63, 3.8) is 0 Å². The molecular formula is C19H22FO3P. The molecule has 0 aromatic heterocycles. The van der Waals surface area contributed by atoms with Crippen LogP contribution in [-0.2, 0) is 28.3 Å². The average molecular weight is 348 g/mol. The largest absolute Gasteiger partial charge is 0.465 e. The molecule has 0 bridgehead atoms. The third-order valence-corrected chi connectivity index (χ3v) is 4.74. The molecule has 2 aromatic carbocycles. The van der Waals surface area contributed by atoms with Crippen molar-refractivity contribution in [2.45, 2.75) is 25.9 Å². The van der Waals surface area contributed by atoms with E-state index in [0.29, 0.717) is 27.4 Å². The Kier molecular flexibility index (Phi) is 7.36. The first-order valence-electron chi connectivity index (χ1n) is 7.93. The third-order valence-electron chi connectivity index (χ3n) is 3.70. The maximum Gasteiger partial charge on any atom is 0.338 e. The molecule has 0 fully saturated rings. The minimum absolute atomic E-state index is 0.242. The van der Waals surface area contributed by atoms with Crippen LogP contribution in [0.1, 0.15) is 34.0 Å². The van der Waals surface area contributed by atoms with Crippen molar-refractivity contribution in [2.24, 2.45) is 0 Å². The molecule has 2 aromatic rings. The van der Waals surface area contributed by atoms with Gasteiger partial charge in [0.15, 0.2) is 0 Å². The monoisotopic (exact) mass is 348 g/mol. The number of hydrogen-bond donors (Lipinski definition) is 0. The lowest BCUT2D eigenvalue weighted by Crippen LogP contribution is -2.07. The zero-order chi connectivity index (χ0) is 17.4. The summed E-state index contributed by atoms with van der Waals surface area (Å²) in [7, 11) is 1.78. The van der Waals surface area contributed by atoms with Gasteiger partial charge < -0.3 is 9.26 Å². The van der Waals surface area contributed by atoms with Crippen molar-refractivity contribution in [3.8, 4) is 0 Å². The number of hydrogen-bond acceptors (Lipinski definition) is 3. The molecule has 0 spiro atoms. The maximum atomic E-state index is 13.0. The maximum absolute atomic E-state index is 13.0. The number of rotatable bonds is 8. The summed E-state index contributed by atoms with van der Waals surface area (Å²) in [5.41, 5.74) is 3.63. The summed E-state index contributed by atoms with van der Waals surface area (Å²) >= 11 is 0. The zero-order valence-corrected chi connectivity index (χ0v) is 15.0. The van der Waals surface area contributed by atoms with Gasteiger partial charge in [-0.1, -0.05) is 24.3 Å². The Labute approximate surface area is 144 Å². The van der Waals surface area contributed by atoms with Crippen LogP contribution in [0.15, 0.2) is 42.5 Å². The molecule has 2 rings (SSSR count). The standard InChI is InChI=1S/C19H22FO3P/c1-3-23-24-13-15-5-9-16(18(12-15)19(21)22-2)8-4-14-6-10-17(20)11-7-14/h5-7,9-12,24H,3-4,8,13H2,1-2H3. The fraction of sp³-hybridized carbons (Fsp3) is 0.316. The molecule has 0 aliphatic heterocycles. The fourth-order valence-electron chi connectivity index (χ4n) is 2.42. The molecule has 128 valence electrons. The van der Waals surface area contributed by atoms with E-state index in [0.717, 1.165) is 29.3 Å². The van der Waals surface area contributed by atoms with Crippen LogP contribution < -0.4 is 0 Å². The normalized spacial score (nSPS) is 11.1. The van der Waals surface area contributed by atoms with Gasteiger partial charge in [0.25, 0.3) is 0 Å². The van der Waals surface area contributed by atoms with Crippen LogP contribution in [0.2, 0.25) is 0 Å². The number of aryl methyl sites for hydroxylation is 2. The number of carbonyl (C=O) groups is 1. The highest BCUT2D eigenvalue weighted by Crippen LogP contribution is 2.23. The Bertz CT molecular complexity index is 671. The molecule has 0 aliphatic carbocycles. The van der Waals surface area contributed by atoms with Crippen molar-refractivity contribution in [2.75, 3.05) is 13.7 Å². The second-order valence-electron chi connectivity index (χ2n) is 5.36.